The van der Waals surface area contributed by atoms with Gasteiger partial charge in [-0.3, -0.25) is 0 Å². The quantitative estimate of drug-likeness (QED) is 0.745. The van der Waals surface area contributed by atoms with Crippen LogP contribution < -0.4 is 4.74 Å². The van der Waals surface area contributed by atoms with Crippen LogP contribution >= 0.6 is 0 Å². The first-order chi connectivity index (χ1) is 8.75. The van der Waals surface area contributed by atoms with Gasteiger partial charge in [-0.15, -0.1) is 0 Å². The van der Waals surface area contributed by atoms with E-state index in [0.29, 0.717) is 5.76 Å². The molecule has 2 heteroatoms. The smallest absolute Gasteiger partial charge is 0.267 e. The van der Waals surface area contributed by atoms with Crippen LogP contribution in [0.2, 0.25) is 0 Å². The molecule has 18 heavy (non-hydrogen) atoms. The molecular formula is C16H14O2. The number of hydrogen-bond acceptors (Lipinski definition) is 2. The molecule has 1 unspecified atom stereocenters. The highest BCUT2D eigenvalue weighted by Gasteiger charge is 2.25. The van der Waals surface area contributed by atoms with Gasteiger partial charge in [0.25, 0.3) is 6.29 Å². The van der Waals surface area contributed by atoms with Crippen molar-refractivity contribution in [2.75, 3.05) is 0 Å². The summed E-state index contributed by atoms with van der Waals surface area (Å²) in [5.41, 5.74) is 3.10. The molecule has 90 valence electrons. The van der Waals surface area contributed by atoms with Gasteiger partial charge in [-0.25, -0.2) is 0 Å². The average molecular weight is 238 g/mol. The Morgan fingerprint density at radius 2 is 1.67 bits per heavy atom. The number of hydrogen-bond donors (Lipinski definition) is 0. The molecule has 0 fully saturated rings. The first kappa shape index (κ1) is 10.9. The van der Waals surface area contributed by atoms with E-state index in [-0.39, 0.29) is 0 Å². The van der Waals surface area contributed by atoms with Crippen molar-refractivity contribution in [1.29, 1.82) is 0 Å². The van der Waals surface area contributed by atoms with Crippen LogP contribution in [0.4, 0.5) is 0 Å². The molecule has 2 aromatic carbocycles. The van der Waals surface area contributed by atoms with Crippen LogP contribution in [0.15, 0.2) is 55.1 Å². The largest absolute Gasteiger partial charge is 0.450 e. The minimum absolute atomic E-state index is 0.409. The van der Waals surface area contributed by atoms with E-state index in [2.05, 4.69) is 6.58 Å². The van der Waals surface area contributed by atoms with E-state index < -0.39 is 6.29 Å². The van der Waals surface area contributed by atoms with Crippen LogP contribution in [0.3, 0.4) is 0 Å². The number of benzene rings is 2. The van der Waals surface area contributed by atoms with E-state index in [1.165, 1.54) is 0 Å². The third-order valence-electron chi connectivity index (χ3n) is 3.11. The Bertz CT molecular complexity index is 602. The standard InChI is InChI=1S/C16H14O2/c1-11-7-3-4-8-13(11)16-17-12(2)14-9-5-6-10-15(14)18-16/h3-10,16H,2H2,1H3. The van der Waals surface area contributed by atoms with E-state index in [9.17, 15) is 0 Å². The van der Waals surface area contributed by atoms with Gasteiger partial charge in [0.15, 0.2) is 0 Å². The van der Waals surface area contributed by atoms with Crippen LogP contribution in [-0.2, 0) is 4.74 Å². The monoisotopic (exact) mass is 238 g/mol. The Morgan fingerprint density at radius 1 is 0.944 bits per heavy atom. The maximum absolute atomic E-state index is 5.89. The van der Waals surface area contributed by atoms with Gasteiger partial charge in [0.05, 0.1) is 5.56 Å². The summed E-state index contributed by atoms with van der Waals surface area (Å²) >= 11 is 0. The summed E-state index contributed by atoms with van der Waals surface area (Å²) in [5, 5.41) is 0. The summed E-state index contributed by atoms with van der Waals surface area (Å²) in [6.07, 6.45) is -0.409. The molecule has 0 spiro atoms. The predicted octanol–water partition coefficient (Wildman–Crippen LogP) is 4.07. The van der Waals surface area contributed by atoms with Crippen molar-refractivity contribution < 1.29 is 9.47 Å². The zero-order valence-corrected chi connectivity index (χ0v) is 10.2. The summed E-state index contributed by atoms with van der Waals surface area (Å²) in [4.78, 5) is 0. The molecule has 2 aromatic rings. The average Bonchev–Trinajstić information content (AvgIpc) is 2.39. The first-order valence-electron chi connectivity index (χ1n) is 5.93. The Kier molecular flexibility index (Phi) is 2.56. The molecule has 0 N–H and O–H groups in total. The van der Waals surface area contributed by atoms with E-state index in [4.69, 9.17) is 9.47 Å². The minimum Gasteiger partial charge on any atom is -0.450 e. The van der Waals surface area contributed by atoms with Crippen molar-refractivity contribution >= 4 is 5.76 Å². The van der Waals surface area contributed by atoms with Gasteiger partial charge >= 0.3 is 0 Å². The van der Waals surface area contributed by atoms with Crippen LogP contribution in [-0.4, -0.2) is 0 Å². The summed E-state index contributed by atoms with van der Waals surface area (Å²) < 4.78 is 11.6. The zero-order chi connectivity index (χ0) is 12.5. The third-order valence-corrected chi connectivity index (χ3v) is 3.11. The Balaban J connectivity index is 2.00. The van der Waals surface area contributed by atoms with E-state index in [1.54, 1.807) is 0 Å². The van der Waals surface area contributed by atoms with Crippen LogP contribution in [0, 0.1) is 6.92 Å². The molecule has 0 saturated carbocycles. The Labute approximate surface area is 106 Å². The lowest BCUT2D eigenvalue weighted by atomic mass is 10.1. The van der Waals surface area contributed by atoms with Crippen molar-refractivity contribution in [3.05, 3.63) is 71.8 Å². The highest BCUT2D eigenvalue weighted by molar-refractivity contribution is 5.65. The lowest BCUT2D eigenvalue weighted by Gasteiger charge is -2.29. The molecule has 3 rings (SSSR count). The maximum Gasteiger partial charge on any atom is 0.267 e. The molecule has 1 atom stereocenters. The van der Waals surface area contributed by atoms with Crippen molar-refractivity contribution in [1.82, 2.24) is 0 Å². The molecule has 0 bridgehead atoms. The molecular weight excluding hydrogens is 224 g/mol. The lowest BCUT2D eigenvalue weighted by Crippen LogP contribution is -2.17. The predicted molar refractivity (Wildman–Crippen MR) is 71.1 cm³/mol. The Hall–Kier alpha value is -2.22. The van der Waals surface area contributed by atoms with Gasteiger partial charge in [-0.05, 0) is 24.6 Å². The molecule has 1 aliphatic rings. The first-order valence-corrected chi connectivity index (χ1v) is 5.93. The highest BCUT2D eigenvalue weighted by atomic mass is 16.7. The van der Waals surface area contributed by atoms with Crippen LogP contribution in [0.1, 0.15) is 23.0 Å². The molecule has 0 aliphatic carbocycles. The van der Waals surface area contributed by atoms with Crippen molar-refractivity contribution in [2.24, 2.45) is 0 Å². The van der Waals surface area contributed by atoms with E-state index in [1.807, 2.05) is 55.5 Å². The zero-order valence-electron chi connectivity index (χ0n) is 10.2. The third kappa shape index (κ3) is 1.76. The van der Waals surface area contributed by atoms with Gasteiger partial charge in [-0.2, -0.15) is 0 Å². The number of para-hydroxylation sites is 1. The maximum atomic E-state index is 5.89. The van der Waals surface area contributed by atoms with E-state index in [0.717, 1.165) is 22.4 Å². The van der Waals surface area contributed by atoms with E-state index >= 15 is 0 Å². The normalized spacial score (nSPS) is 17.6. The second-order valence-electron chi connectivity index (χ2n) is 4.34. The van der Waals surface area contributed by atoms with Gasteiger partial charge in [0, 0.05) is 5.56 Å². The second-order valence-corrected chi connectivity index (χ2v) is 4.34. The van der Waals surface area contributed by atoms with Crippen LogP contribution in [0.5, 0.6) is 5.75 Å². The summed E-state index contributed by atoms with van der Waals surface area (Å²) in [6.45, 7) is 6.01. The Morgan fingerprint density at radius 3 is 2.50 bits per heavy atom. The molecule has 0 aromatic heterocycles. The molecule has 0 saturated heterocycles. The van der Waals surface area contributed by atoms with Crippen molar-refractivity contribution in [2.45, 2.75) is 13.2 Å². The summed E-state index contributed by atoms with van der Waals surface area (Å²) in [7, 11) is 0. The minimum atomic E-state index is -0.409. The topological polar surface area (TPSA) is 18.5 Å². The van der Waals surface area contributed by atoms with Crippen molar-refractivity contribution in [3.8, 4) is 5.75 Å². The molecule has 1 heterocycles. The van der Waals surface area contributed by atoms with Gasteiger partial charge in [-0.1, -0.05) is 43.0 Å². The molecule has 0 radical (unpaired) electrons. The fraction of sp³-hybridized carbons (Fsp3) is 0.125. The SMILES string of the molecule is C=C1OC(c2ccccc2C)Oc2ccccc21. The molecule has 2 nitrogen and oxygen atoms in total. The fourth-order valence-corrected chi connectivity index (χ4v) is 2.11. The fourth-order valence-electron chi connectivity index (χ4n) is 2.11. The van der Waals surface area contributed by atoms with Gasteiger partial charge in [0.1, 0.15) is 11.5 Å². The van der Waals surface area contributed by atoms with Gasteiger partial charge in [0.2, 0.25) is 0 Å². The summed E-state index contributed by atoms with van der Waals surface area (Å²) in [6, 6.07) is 15.8. The molecule has 1 aliphatic heterocycles. The lowest BCUT2D eigenvalue weighted by molar-refractivity contribution is -0.0311. The number of aryl methyl sites for hydroxylation is 1. The summed E-state index contributed by atoms with van der Waals surface area (Å²) in [5.74, 6) is 1.48. The van der Waals surface area contributed by atoms with Crippen LogP contribution in [0.25, 0.3) is 5.76 Å². The number of fused-ring (bicyclic) bond motifs is 1. The second kappa shape index (κ2) is 4.22. The number of ether oxygens (including phenoxy) is 2. The van der Waals surface area contributed by atoms with Crippen molar-refractivity contribution in [3.63, 3.8) is 0 Å². The molecule has 0 amide bonds. The highest BCUT2D eigenvalue weighted by Crippen LogP contribution is 2.38. The number of rotatable bonds is 1. The van der Waals surface area contributed by atoms with Gasteiger partial charge < -0.3 is 9.47 Å².